The summed E-state index contributed by atoms with van der Waals surface area (Å²) in [4.78, 5) is 0. The van der Waals surface area contributed by atoms with E-state index in [1.165, 1.54) is 5.56 Å². The summed E-state index contributed by atoms with van der Waals surface area (Å²) in [5, 5.41) is 0. The van der Waals surface area contributed by atoms with E-state index in [9.17, 15) is 0 Å². The van der Waals surface area contributed by atoms with E-state index in [2.05, 4.69) is 31.2 Å². The van der Waals surface area contributed by atoms with Gasteiger partial charge in [0, 0.05) is 0 Å². The Hall–Kier alpha value is -1.96. The van der Waals surface area contributed by atoms with Crippen molar-refractivity contribution in [1.82, 2.24) is 0 Å². The third-order valence-electron chi connectivity index (χ3n) is 2.58. The smallest absolute Gasteiger partial charge is 0.161 e. The molecule has 2 nitrogen and oxygen atoms in total. The molecule has 17 heavy (non-hydrogen) atoms. The molecule has 0 amide bonds. The van der Waals surface area contributed by atoms with Crippen LogP contribution < -0.4 is 9.47 Å². The minimum absolute atomic E-state index is 0.556. The van der Waals surface area contributed by atoms with E-state index >= 15 is 0 Å². The van der Waals surface area contributed by atoms with E-state index in [0.717, 1.165) is 17.1 Å². The van der Waals surface area contributed by atoms with Gasteiger partial charge in [-0.1, -0.05) is 42.0 Å². The summed E-state index contributed by atoms with van der Waals surface area (Å²) in [6.07, 6.45) is 0. The predicted octanol–water partition coefficient (Wildman–Crippen LogP) is 3.58. The second-order valence-corrected chi connectivity index (χ2v) is 3.93. The van der Waals surface area contributed by atoms with Crippen LogP contribution in [0.1, 0.15) is 11.1 Å². The van der Waals surface area contributed by atoms with Crippen molar-refractivity contribution in [3.8, 4) is 11.5 Å². The van der Waals surface area contributed by atoms with E-state index in [-0.39, 0.29) is 0 Å². The fourth-order valence-electron chi connectivity index (χ4n) is 1.58. The van der Waals surface area contributed by atoms with Crippen molar-refractivity contribution in [2.24, 2.45) is 0 Å². The first-order valence-electron chi connectivity index (χ1n) is 5.61. The van der Waals surface area contributed by atoms with Gasteiger partial charge in [0.2, 0.25) is 0 Å². The van der Waals surface area contributed by atoms with E-state index in [1.807, 2.05) is 24.3 Å². The average Bonchev–Trinajstić information content (AvgIpc) is 2.38. The minimum atomic E-state index is 0.556. The number of rotatable bonds is 4. The molecule has 2 rings (SSSR count). The predicted molar refractivity (Wildman–Crippen MR) is 68.5 cm³/mol. The van der Waals surface area contributed by atoms with Crippen LogP contribution in [0, 0.1) is 6.92 Å². The SMILES string of the molecule is COc1ccccc1OCc1ccc(C)cc1. The molecule has 0 aliphatic carbocycles. The first-order chi connectivity index (χ1) is 8.29. The third-order valence-corrected chi connectivity index (χ3v) is 2.58. The molecule has 0 aromatic heterocycles. The number of ether oxygens (including phenoxy) is 2. The third kappa shape index (κ3) is 3.00. The van der Waals surface area contributed by atoms with Crippen LogP contribution >= 0.6 is 0 Å². The zero-order valence-corrected chi connectivity index (χ0v) is 10.1. The summed E-state index contributed by atoms with van der Waals surface area (Å²) in [7, 11) is 1.65. The van der Waals surface area contributed by atoms with Gasteiger partial charge >= 0.3 is 0 Å². The molecule has 0 fully saturated rings. The van der Waals surface area contributed by atoms with E-state index in [1.54, 1.807) is 7.11 Å². The van der Waals surface area contributed by atoms with Crippen LogP contribution in [0.5, 0.6) is 11.5 Å². The molecule has 2 aromatic carbocycles. The van der Waals surface area contributed by atoms with Crippen LogP contribution in [-0.4, -0.2) is 7.11 Å². The monoisotopic (exact) mass is 228 g/mol. The molecule has 2 heteroatoms. The Morgan fingerprint density at radius 3 is 2.18 bits per heavy atom. The number of para-hydroxylation sites is 2. The summed E-state index contributed by atoms with van der Waals surface area (Å²) in [5.74, 6) is 1.54. The Labute approximate surface area is 102 Å². The summed E-state index contributed by atoms with van der Waals surface area (Å²) < 4.78 is 11.0. The Bertz CT molecular complexity index is 475. The molecule has 0 aliphatic heterocycles. The van der Waals surface area contributed by atoms with E-state index in [0.29, 0.717) is 6.61 Å². The van der Waals surface area contributed by atoms with E-state index in [4.69, 9.17) is 9.47 Å². The number of aryl methyl sites for hydroxylation is 1. The van der Waals surface area contributed by atoms with Crippen LogP contribution in [0.25, 0.3) is 0 Å². The van der Waals surface area contributed by atoms with Crippen molar-refractivity contribution in [2.75, 3.05) is 7.11 Å². The van der Waals surface area contributed by atoms with Gasteiger partial charge in [-0.25, -0.2) is 0 Å². The Morgan fingerprint density at radius 2 is 1.53 bits per heavy atom. The van der Waals surface area contributed by atoms with E-state index < -0.39 is 0 Å². The molecule has 0 unspecified atom stereocenters. The zero-order valence-electron chi connectivity index (χ0n) is 10.1. The van der Waals surface area contributed by atoms with Gasteiger partial charge in [0.15, 0.2) is 11.5 Å². The van der Waals surface area contributed by atoms with Gasteiger partial charge in [-0.05, 0) is 24.6 Å². The zero-order chi connectivity index (χ0) is 12.1. The lowest BCUT2D eigenvalue weighted by molar-refractivity contribution is 0.284. The quantitative estimate of drug-likeness (QED) is 0.796. The highest BCUT2D eigenvalue weighted by atomic mass is 16.5. The van der Waals surface area contributed by atoms with Crippen molar-refractivity contribution in [3.63, 3.8) is 0 Å². The molecular formula is C15H16O2. The molecule has 0 saturated carbocycles. The average molecular weight is 228 g/mol. The number of benzene rings is 2. The van der Waals surface area contributed by atoms with Crippen LogP contribution in [0.2, 0.25) is 0 Å². The summed E-state index contributed by atoms with van der Waals surface area (Å²) >= 11 is 0. The second-order valence-electron chi connectivity index (χ2n) is 3.93. The highest BCUT2D eigenvalue weighted by molar-refractivity contribution is 5.39. The topological polar surface area (TPSA) is 18.5 Å². The number of methoxy groups -OCH3 is 1. The minimum Gasteiger partial charge on any atom is -0.493 e. The highest BCUT2D eigenvalue weighted by Crippen LogP contribution is 2.26. The van der Waals surface area contributed by atoms with Gasteiger partial charge in [-0.15, -0.1) is 0 Å². The van der Waals surface area contributed by atoms with Crippen molar-refractivity contribution in [3.05, 3.63) is 59.7 Å². The molecule has 0 heterocycles. The molecule has 0 saturated heterocycles. The lowest BCUT2D eigenvalue weighted by Gasteiger charge is -2.10. The lowest BCUT2D eigenvalue weighted by atomic mass is 10.2. The van der Waals surface area contributed by atoms with Gasteiger partial charge in [0.25, 0.3) is 0 Å². The molecule has 0 bridgehead atoms. The maximum atomic E-state index is 5.73. The molecular weight excluding hydrogens is 212 g/mol. The summed E-state index contributed by atoms with van der Waals surface area (Å²) in [6, 6.07) is 16.0. The van der Waals surface area contributed by atoms with Crippen molar-refractivity contribution >= 4 is 0 Å². The molecule has 0 N–H and O–H groups in total. The molecule has 88 valence electrons. The Morgan fingerprint density at radius 1 is 0.882 bits per heavy atom. The second kappa shape index (κ2) is 5.39. The normalized spacial score (nSPS) is 10.0. The molecule has 2 aromatic rings. The Kier molecular flexibility index (Phi) is 3.66. The first kappa shape index (κ1) is 11.5. The lowest BCUT2D eigenvalue weighted by Crippen LogP contribution is -1.97. The summed E-state index contributed by atoms with van der Waals surface area (Å²) in [6.45, 7) is 2.63. The van der Waals surface area contributed by atoms with Crippen molar-refractivity contribution < 1.29 is 9.47 Å². The van der Waals surface area contributed by atoms with Crippen LogP contribution in [0.4, 0.5) is 0 Å². The van der Waals surface area contributed by atoms with Gasteiger partial charge in [0.1, 0.15) is 6.61 Å². The van der Waals surface area contributed by atoms with Gasteiger partial charge in [-0.2, -0.15) is 0 Å². The van der Waals surface area contributed by atoms with Gasteiger partial charge < -0.3 is 9.47 Å². The number of hydrogen-bond donors (Lipinski definition) is 0. The largest absolute Gasteiger partial charge is 0.493 e. The fourth-order valence-corrected chi connectivity index (χ4v) is 1.58. The van der Waals surface area contributed by atoms with Crippen molar-refractivity contribution in [2.45, 2.75) is 13.5 Å². The number of hydrogen-bond acceptors (Lipinski definition) is 2. The molecule has 0 radical (unpaired) electrons. The van der Waals surface area contributed by atoms with Crippen LogP contribution in [0.15, 0.2) is 48.5 Å². The maximum absolute atomic E-state index is 5.73. The first-order valence-corrected chi connectivity index (χ1v) is 5.61. The molecule has 0 aliphatic rings. The molecule has 0 spiro atoms. The fraction of sp³-hybridized carbons (Fsp3) is 0.200. The van der Waals surface area contributed by atoms with Crippen LogP contribution in [-0.2, 0) is 6.61 Å². The van der Waals surface area contributed by atoms with Crippen molar-refractivity contribution in [1.29, 1.82) is 0 Å². The van der Waals surface area contributed by atoms with Gasteiger partial charge in [-0.3, -0.25) is 0 Å². The Balaban J connectivity index is 2.04. The van der Waals surface area contributed by atoms with Crippen LogP contribution in [0.3, 0.4) is 0 Å². The summed E-state index contributed by atoms with van der Waals surface area (Å²) in [5.41, 5.74) is 2.41. The molecule has 0 atom stereocenters. The maximum Gasteiger partial charge on any atom is 0.161 e. The standard InChI is InChI=1S/C15H16O2/c1-12-7-9-13(10-8-12)11-17-15-6-4-3-5-14(15)16-2/h3-10H,11H2,1-2H3. The van der Waals surface area contributed by atoms with Gasteiger partial charge in [0.05, 0.1) is 7.11 Å². The highest BCUT2D eigenvalue weighted by Gasteiger charge is 2.02.